The van der Waals surface area contributed by atoms with Gasteiger partial charge in [0.25, 0.3) is 0 Å². The van der Waals surface area contributed by atoms with Gasteiger partial charge < -0.3 is 10.4 Å². The minimum Gasteiger partial charge on any atom is -0.478 e. The van der Waals surface area contributed by atoms with Crippen LogP contribution in [0, 0.1) is 0 Å². The lowest BCUT2D eigenvalue weighted by atomic mass is 9.98. The van der Waals surface area contributed by atoms with Crippen LogP contribution in [0.15, 0.2) is 66.7 Å². The van der Waals surface area contributed by atoms with E-state index in [9.17, 15) is 14.7 Å². The molecular weight excluding hydrogens is 316 g/mol. The Bertz CT molecular complexity index is 922. The minimum atomic E-state index is -1.14. The molecular formula is C20H16N2O3. The second-order valence-corrected chi connectivity index (χ2v) is 5.50. The molecule has 2 aromatic carbocycles. The van der Waals surface area contributed by atoms with Crippen molar-refractivity contribution in [2.24, 2.45) is 0 Å². The van der Waals surface area contributed by atoms with Gasteiger partial charge in [0.15, 0.2) is 0 Å². The first-order valence-electron chi connectivity index (χ1n) is 7.73. The van der Waals surface area contributed by atoms with E-state index in [1.54, 1.807) is 6.07 Å². The molecule has 25 heavy (non-hydrogen) atoms. The second-order valence-electron chi connectivity index (χ2n) is 5.50. The molecule has 5 heteroatoms. The van der Waals surface area contributed by atoms with Gasteiger partial charge in [0, 0.05) is 18.1 Å². The molecule has 0 spiro atoms. The molecule has 0 unspecified atom stereocenters. The van der Waals surface area contributed by atoms with Crippen molar-refractivity contribution in [2.75, 3.05) is 5.32 Å². The molecule has 0 fully saturated rings. The average molecular weight is 332 g/mol. The number of nitrogens with zero attached hydrogens (tertiary/aromatic N) is 1. The van der Waals surface area contributed by atoms with Gasteiger partial charge in [0.2, 0.25) is 5.91 Å². The van der Waals surface area contributed by atoms with Gasteiger partial charge in [-0.25, -0.2) is 9.78 Å². The summed E-state index contributed by atoms with van der Waals surface area (Å²) in [6.07, 6.45) is 0. The van der Waals surface area contributed by atoms with Crippen LogP contribution in [0.25, 0.3) is 22.4 Å². The Morgan fingerprint density at radius 3 is 2.00 bits per heavy atom. The fourth-order valence-corrected chi connectivity index (χ4v) is 2.62. The largest absolute Gasteiger partial charge is 0.478 e. The molecule has 1 heterocycles. The molecule has 0 aliphatic heterocycles. The maximum absolute atomic E-state index is 11.9. The smallest absolute Gasteiger partial charge is 0.340 e. The summed E-state index contributed by atoms with van der Waals surface area (Å²) in [6.45, 7) is 1.32. The molecule has 124 valence electrons. The van der Waals surface area contributed by atoms with Gasteiger partial charge in [-0.15, -0.1) is 0 Å². The number of amides is 1. The van der Waals surface area contributed by atoms with Crippen LogP contribution in [0.3, 0.4) is 0 Å². The molecule has 5 nitrogen and oxygen atoms in total. The maximum atomic E-state index is 11.9. The zero-order valence-corrected chi connectivity index (χ0v) is 13.6. The first-order valence-corrected chi connectivity index (χ1v) is 7.73. The molecule has 0 atom stereocenters. The monoisotopic (exact) mass is 332 g/mol. The molecule has 0 radical (unpaired) electrons. The third-order valence-electron chi connectivity index (χ3n) is 3.68. The Morgan fingerprint density at radius 2 is 1.48 bits per heavy atom. The molecule has 0 saturated heterocycles. The predicted octanol–water partition coefficient (Wildman–Crippen LogP) is 4.07. The van der Waals surface area contributed by atoms with Crippen LogP contribution in [-0.2, 0) is 4.79 Å². The average Bonchev–Trinajstić information content (AvgIpc) is 2.62. The summed E-state index contributed by atoms with van der Waals surface area (Å²) >= 11 is 0. The van der Waals surface area contributed by atoms with Crippen LogP contribution in [0.4, 0.5) is 5.82 Å². The second kappa shape index (κ2) is 6.97. The fraction of sp³-hybridized carbons (Fsp3) is 0.0500. The molecule has 1 aromatic heterocycles. The van der Waals surface area contributed by atoms with Crippen LogP contribution in [-0.4, -0.2) is 22.0 Å². The van der Waals surface area contributed by atoms with E-state index in [4.69, 9.17) is 0 Å². The van der Waals surface area contributed by atoms with Crippen molar-refractivity contribution in [3.63, 3.8) is 0 Å². The summed E-state index contributed by atoms with van der Waals surface area (Å²) < 4.78 is 0. The topological polar surface area (TPSA) is 79.3 Å². The van der Waals surface area contributed by atoms with E-state index < -0.39 is 5.97 Å². The highest BCUT2D eigenvalue weighted by molar-refractivity contribution is 6.05. The van der Waals surface area contributed by atoms with E-state index in [0.29, 0.717) is 11.3 Å². The highest BCUT2D eigenvalue weighted by Gasteiger charge is 2.21. The van der Waals surface area contributed by atoms with E-state index in [1.165, 1.54) is 6.92 Å². The zero-order valence-electron chi connectivity index (χ0n) is 13.6. The summed E-state index contributed by atoms with van der Waals surface area (Å²) in [4.78, 5) is 27.8. The number of benzene rings is 2. The van der Waals surface area contributed by atoms with Gasteiger partial charge in [-0.05, 0) is 11.6 Å². The van der Waals surface area contributed by atoms with Gasteiger partial charge in [-0.1, -0.05) is 60.7 Å². The minimum absolute atomic E-state index is 0.0268. The highest BCUT2D eigenvalue weighted by atomic mass is 16.4. The lowest BCUT2D eigenvalue weighted by Crippen LogP contribution is -2.14. The van der Waals surface area contributed by atoms with Crippen LogP contribution in [0.2, 0.25) is 0 Å². The van der Waals surface area contributed by atoms with Gasteiger partial charge >= 0.3 is 5.97 Å². The number of hydrogen-bond acceptors (Lipinski definition) is 3. The van der Waals surface area contributed by atoms with E-state index in [2.05, 4.69) is 10.3 Å². The van der Waals surface area contributed by atoms with Crippen molar-refractivity contribution in [2.45, 2.75) is 6.92 Å². The van der Waals surface area contributed by atoms with E-state index in [-0.39, 0.29) is 17.3 Å². The maximum Gasteiger partial charge on any atom is 0.340 e. The summed E-state index contributed by atoms with van der Waals surface area (Å²) in [5, 5.41) is 12.2. The standard InChI is InChI=1S/C20H16N2O3/c1-13(23)21-19-18(20(24)25)16(14-8-4-2-5-9-14)12-17(22-19)15-10-6-3-7-11-15/h2-12H,1H3,(H,24,25)(H,21,22,23). The molecule has 0 aliphatic carbocycles. The first-order chi connectivity index (χ1) is 12.1. The number of anilines is 1. The van der Waals surface area contributed by atoms with Gasteiger partial charge in [-0.3, -0.25) is 4.79 Å². The fourth-order valence-electron chi connectivity index (χ4n) is 2.62. The van der Waals surface area contributed by atoms with Crippen molar-refractivity contribution >= 4 is 17.7 Å². The number of aromatic carboxylic acids is 1. The number of aromatic nitrogens is 1. The lowest BCUT2D eigenvalue weighted by Gasteiger charge is -2.14. The highest BCUT2D eigenvalue weighted by Crippen LogP contribution is 2.32. The number of rotatable bonds is 4. The molecule has 0 saturated carbocycles. The molecule has 3 aromatic rings. The van der Waals surface area contributed by atoms with Crippen LogP contribution in [0.1, 0.15) is 17.3 Å². The van der Waals surface area contributed by atoms with Gasteiger partial charge in [0.05, 0.1) is 5.69 Å². The molecule has 2 N–H and O–H groups in total. The molecule has 3 rings (SSSR count). The summed E-state index contributed by atoms with van der Waals surface area (Å²) in [6, 6.07) is 20.3. The number of carboxylic acid groups (broad SMARTS) is 1. The number of carbonyl (C=O) groups excluding carboxylic acids is 1. The van der Waals surface area contributed by atoms with Crippen LogP contribution >= 0.6 is 0 Å². The Hall–Kier alpha value is -3.47. The molecule has 0 aliphatic rings. The zero-order chi connectivity index (χ0) is 17.8. The SMILES string of the molecule is CC(=O)Nc1nc(-c2ccccc2)cc(-c2ccccc2)c1C(=O)O. The van der Waals surface area contributed by atoms with E-state index in [0.717, 1.165) is 11.1 Å². The van der Waals surface area contributed by atoms with Crippen molar-refractivity contribution in [1.82, 2.24) is 4.98 Å². The Labute approximate surface area is 145 Å². The molecule has 0 bridgehead atoms. The molecule has 1 amide bonds. The number of carboxylic acids is 1. The predicted molar refractivity (Wildman–Crippen MR) is 96.4 cm³/mol. The van der Waals surface area contributed by atoms with Crippen molar-refractivity contribution in [1.29, 1.82) is 0 Å². The van der Waals surface area contributed by atoms with Crippen LogP contribution < -0.4 is 5.32 Å². The first kappa shape index (κ1) is 16.4. The Balaban J connectivity index is 2.30. The number of nitrogens with one attached hydrogen (secondary N) is 1. The normalized spacial score (nSPS) is 10.3. The van der Waals surface area contributed by atoms with E-state index in [1.807, 2.05) is 60.7 Å². The van der Waals surface area contributed by atoms with Crippen molar-refractivity contribution < 1.29 is 14.7 Å². The van der Waals surface area contributed by atoms with Crippen molar-refractivity contribution in [3.8, 4) is 22.4 Å². The lowest BCUT2D eigenvalue weighted by molar-refractivity contribution is -0.114. The third-order valence-corrected chi connectivity index (χ3v) is 3.68. The van der Waals surface area contributed by atoms with Crippen molar-refractivity contribution in [3.05, 3.63) is 72.3 Å². The van der Waals surface area contributed by atoms with E-state index >= 15 is 0 Å². The number of carbonyl (C=O) groups is 2. The quantitative estimate of drug-likeness (QED) is 0.755. The Kier molecular flexibility index (Phi) is 4.57. The van der Waals surface area contributed by atoms with Gasteiger partial charge in [0.1, 0.15) is 11.4 Å². The summed E-state index contributed by atoms with van der Waals surface area (Å²) in [7, 11) is 0. The summed E-state index contributed by atoms with van der Waals surface area (Å²) in [5.74, 6) is -1.48. The third kappa shape index (κ3) is 3.55. The Morgan fingerprint density at radius 1 is 0.920 bits per heavy atom. The van der Waals surface area contributed by atoms with Crippen LogP contribution in [0.5, 0.6) is 0 Å². The van der Waals surface area contributed by atoms with Gasteiger partial charge in [-0.2, -0.15) is 0 Å². The number of hydrogen-bond donors (Lipinski definition) is 2. The summed E-state index contributed by atoms with van der Waals surface area (Å²) in [5.41, 5.74) is 2.65. The number of pyridine rings is 1.